The highest BCUT2D eigenvalue weighted by atomic mass is 79.9. The summed E-state index contributed by atoms with van der Waals surface area (Å²) in [6.45, 7) is 0.446. The average molecular weight is 340 g/mol. The van der Waals surface area contributed by atoms with Crippen LogP contribution in [0, 0.1) is 0 Å². The molecule has 1 heterocycles. The second-order valence-electron chi connectivity index (χ2n) is 3.94. The SMILES string of the molecule is O=C(CSCc1ccccc1Br)NCc1ccco1. The number of hydrogen-bond donors (Lipinski definition) is 1. The Labute approximate surface area is 124 Å². The molecule has 0 aliphatic heterocycles. The predicted molar refractivity (Wildman–Crippen MR) is 80.9 cm³/mol. The lowest BCUT2D eigenvalue weighted by Gasteiger charge is -2.05. The summed E-state index contributed by atoms with van der Waals surface area (Å²) in [6.07, 6.45) is 1.60. The van der Waals surface area contributed by atoms with E-state index in [4.69, 9.17) is 4.42 Å². The Morgan fingerprint density at radius 3 is 2.84 bits per heavy atom. The Hall–Kier alpha value is -1.20. The van der Waals surface area contributed by atoms with E-state index in [1.54, 1.807) is 18.0 Å². The van der Waals surface area contributed by atoms with Gasteiger partial charge in [-0.05, 0) is 23.8 Å². The Balaban J connectivity index is 1.68. The van der Waals surface area contributed by atoms with Crippen LogP contribution in [-0.4, -0.2) is 11.7 Å². The number of carbonyl (C=O) groups excluding carboxylic acids is 1. The van der Waals surface area contributed by atoms with Crippen molar-refractivity contribution in [3.05, 3.63) is 58.5 Å². The molecule has 0 atom stereocenters. The molecule has 1 amide bonds. The van der Waals surface area contributed by atoms with Crippen molar-refractivity contribution >= 4 is 33.6 Å². The molecule has 19 heavy (non-hydrogen) atoms. The Morgan fingerprint density at radius 2 is 2.11 bits per heavy atom. The minimum absolute atomic E-state index is 0.0217. The van der Waals surface area contributed by atoms with Gasteiger partial charge in [-0.3, -0.25) is 4.79 Å². The third-order valence-electron chi connectivity index (χ3n) is 2.49. The van der Waals surface area contributed by atoms with Crippen molar-refractivity contribution in [2.24, 2.45) is 0 Å². The number of hydrogen-bond acceptors (Lipinski definition) is 3. The summed E-state index contributed by atoms with van der Waals surface area (Å²) in [5.41, 5.74) is 1.20. The normalized spacial score (nSPS) is 10.4. The lowest BCUT2D eigenvalue weighted by Crippen LogP contribution is -2.24. The summed E-state index contributed by atoms with van der Waals surface area (Å²) in [6, 6.07) is 11.7. The zero-order chi connectivity index (χ0) is 13.5. The van der Waals surface area contributed by atoms with E-state index in [0.29, 0.717) is 12.3 Å². The van der Waals surface area contributed by atoms with E-state index >= 15 is 0 Å². The summed E-state index contributed by atoms with van der Waals surface area (Å²) in [5, 5.41) is 2.82. The van der Waals surface area contributed by atoms with Crippen molar-refractivity contribution in [3.63, 3.8) is 0 Å². The van der Waals surface area contributed by atoms with Crippen LogP contribution in [0.5, 0.6) is 0 Å². The molecule has 3 nitrogen and oxygen atoms in total. The number of halogens is 1. The molecule has 0 bridgehead atoms. The van der Waals surface area contributed by atoms with Crippen LogP contribution in [-0.2, 0) is 17.1 Å². The molecule has 0 saturated carbocycles. The first kappa shape index (κ1) is 14.2. The van der Waals surface area contributed by atoms with E-state index in [1.165, 1.54) is 5.56 Å². The van der Waals surface area contributed by atoms with Crippen LogP contribution in [0.15, 0.2) is 51.6 Å². The third kappa shape index (κ3) is 4.76. The van der Waals surface area contributed by atoms with E-state index in [0.717, 1.165) is 16.0 Å². The van der Waals surface area contributed by atoms with Crippen LogP contribution in [0.3, 0.4) is 0 Å². The van der Waals surface area contributed by atoms with Gasteiger partial charge in [0, 0.05) is 10.2 Å². The zero-order valence-corrected chi connectivity index (χ0v) is 12.7. The van der Waals surface area contributed by atoms with Gasteiger partial charge in [-0.15, -0.1) is 11.8 Å². The van der Waals surface area contributed by atoms with Gasteiger partial charge in [0.1, 0.15) is 5.76 Å². The van der Waals surface area contributed by atoms with Crippen molar-refractivity contribution in [1.29, 1.82) is 0 Å². The summed E-state index contributed by atoms with van der Waals surface area (Å²) < 4.78 is 6.23. The maximum Gasteiger partial charge on any atom is 0.230 e. The van der Waals surface area contributed by atoms with E-state index in [-0.39, 0.29) is 5.91 Å². The highest BCUT2D eigenvalue weighted by Crippen LogP contribution is 2.21. The summed E-state index contributed by atoms with van der Waals surface area (Å²) in [4.78, 5) is 11.6. The van der Waals surface area contributed by atoms with Gasteiger partial charge in [0.05, 0.1) is 18.6 Å². The Kier molecular flexibility index (Phi) is 5.54. The van der Waals surface area contributed by atoms with E-state index < -0.39 is 0 Å². The van der Waals surface area contributed by atoms with Crippen LogP contribution in [0.2, 0.25) is 0 Å². The molecule has 0 fully saturated rings. The van der Waals surface area contributed by atoms with Crippen LogP contribution in [0.1, 0.15) is 11.3 Å². The molecule has 1 aromatic carbocycles. The molecular formula is C14H14BrNO2S. The number of rotatable bonds is 6. The summed E-state index contributed by atoms with van der Waals surface area (Å²) in [7, 11) is 0. The monoisotopic (exact) mass is 339 g/mol. The lowest BCUT2D eigenvalue weighted by atomic mass is 10.2. The Bertz CT molecular complexity index is 528. The van der Waals surface area contributed by atoms with Gasteiger partial charge in [0.15, 0.2) is 0 Å². The van der Waals surface area contributed by atoms with Gasteiger partial charge in [-0.25, -0.2) is 0 Å². The second-order valence-corrected chi connectivity index (χ2v) is 5.78. The van der Waals surface area contributed by atoms with Crippen molar-refractivity contribution in [1.82, 2.24) is 5.32 Å². The fourth-order valence-corrected chi connectivity index (χ4v) is 2.99. The molecule has 1 N–H and O–H groups in total. The maximum atomic E-state index is 11.6. The molecule has 0 unspecified atom stereocenters. The number of amides is 1. The zero-order valence-electron chi connectivity index (χ0n) is 10.3. The topological polar surface area (TPSA) is 42.2 Å². The number of thioether (sulfide) groups is 1. The molecule has 1 aromatic heterocycles. The first-order valence-corrected chi connectivity index (χ1v) is 7.80. The first-order valence-electron chi connectivity index (χ1n) is 5.86. The fraction of sp³-hybridized carbons (Fsp3) is 0.214. The van der Waals surface area contributed by atoms with E-state index in [9.17, 15) is 4.79 Å². The predicted octanol–water partition coefficient (Wildman–Crippen LogP) is 3.59. The average Bonchev–Trinajstić information content (AvgIpc) is 2.92. The number of carbonyl (C=O) groups is 1. The molecule has 5 heteroatoms. The fourth-order valence-electron chi connectivity index (χ4n) is 1.52. The molecule has 0 spiro atoms. The van der Waals surface area contributed by atoms with Crippen LogP contribution in [0.4, 0.5) is 0 Å². The van der Waals surface area contributed by atoms with Crippen molar-refractivity contribution in [2.75, 3.05) is 5.75 Å². The molecule has 2 aromatic rings. The maximum absolute atomic E-state index is 11.6. The van der Waals surface area contributed by atoms with Crippen LogP contribution >= 0.6 is 27.7 Å². The van der Waals surface area contributed by atoms with E-state index in [2.05, 4.69) is 27.3 Å². The number of furan rings is 1. The minimum atomic E-state index is 0.0217. The molecular weight excluding hydrogens is 326 g/mol. The number of benzene rings is 1. The van der Waals surface area contributed by atoms with Gasteiger partial charge in [0.2, 0.25) is 5.91 Å². The van der Waals surface area contributed by atoms with Crippen LogP contribution in [0.25, 0.3) is 0 Å². The van der Waals surface area contributed by atoms with Crippen molar-refractivity contribution < 1.29 is 9.21 Å². The van der Waals surface area contributed by atoms with Gasteiger partial charge >= 0.3 is 0 Å². The molecule has 0 aliphatic carbocycles. The highest BCUT2D eigenvalue weighted by Gasteiger charge is 2.04. The standard InChI is InChI=1S/C14H14BrNO2S/c15-13-6-2-1-4-11(13)9-19-10-14(17)16-8-12-5-3-7-18-12/h1-7H,8-10H2,(H,16,17). The molecule has 2 rings (SSSR count). The van der Waals surface area contributed by atoms with Gasteiger partial charge in [0.25, 0.3) is 0 Å². The van der Waals surface area contributed by atoms with Gasteiger partial charge in [-0.2, -0.15) is 0 Å². The number of nitrogens with one attached hydrogen (secondary N) is 1. The molecule has 0 saturated heterocycles. The smallest absolute Gasteiger partial charge is 0.230 e. The Morgan fingerprint density at radius 1 is 1.26 bits per heavy atom. The molecule has 100 valence electrons. The molecule has 0 aliphatic rings. The van der Waals surface area contributed by atoms with Crippen molar-refractivity contribution in [2.45, 2.75) is 12.3 Å². The quantitative estimate of drug-likeness (QED) is 0.874. The second kappa shape index (κ2) is 7.40. The first-order chi connectivity index (χ1) is 9.25. The minimum Gasteiger partial charge on any atom is -0.467 e. The lowest BCUT2D eigenvalue weighted by molar-refractivity contribution is -0.118. The highest BCUT2D eigenvalue weighted by molar-refractivity contribution is 9.10. The summed E-state index contributed by atoms with van der Waals surface area (Å²) in [5.74, 6) is 2.05. The third-order valence-corrected chi connectivity index (χ3v) is 4.24. The van der Waals surface area contributed by atoms with Crippen molar-refractivity contribution in [3.8, 4) is 0 Å². The van der Waals surface area contributed by atoms with Gasteiger partial charge < -0.3 is 9.73 Å². The molecule has 0 radical (unpaired) electrons. The largest absolute Gasteiger partial charge is 0.467 e. The van der Waals surface area contributed by atoms with Gasteiger partial charge in [-0.1, -0.05) is 34.1 Å². The van der Waals surface area contributed by atoms with Crippen LogP contribution < -0.4 is 5.32 Å². The summed E-state index contributed by atoms with van der Waals surface area (Å²) >= 11 is 5.09. The van der Waals surface area contributed by atoms with E-state index in [1.807, 2.05) is 30.3 Å².